The molecule has 112 valence electrons. The van der Waals surface area contributed by atoms with Gasteiger partial charge >= 0.3 is 12.0 Å². The summed E-state index contributed by atoms with van der Waals surface area (Å²) in [5.74, 6) is -0.479. The second-order valence-electron chi connectivity index (χ2n) is 5.69. The fourth-order valence-corrected chi connectivity index (χ4v) is 1.75. The van der Waals surface area contributed by atoms with E-state index >= 15 is 0 Å². The SMILES string of the molecule is CC[C@H](C)[C@H](NC(=O)NC(C)CCC(C)C)C(=O)O. The third kappa shape index (κ3) is 7.70. The van der Waals surface area contributed by atoms with Crippen LogP contribution in [-0.4, -0.2) is 29.2 Å². The molecule has 0 fully saturated rings. The molecule has 19 heavy (non-hydrogen) atoms. The summed E-state index contributed by atoms with van der Waals surface area (Å²) >= 11 is 0. The molecule has 0 heterocycles. The molecule has 0 aromatic rings. The zero-order valence-electron chi connectivity index (χ0n) is 12.7. The van der Waals surface area contributed by atoms with Crippen molar-refractivity contribution in [1.82, 2.24) is 10.6 Å². The van der Waals surface area contributed by atoms with Gasteiger partial charge in [-0.1, -0.05) is 34.1 Å². The van der Waals surface area contributed by atoms with E-state index in [1.807, 2.05) is 20.8 Å². The van der Waals surface area contributed by atoms with Crippen molar-refractivity contribution in [2.45, 2.75) is 66.0 Å². The highest BCUT2D eigenvalue weighted by Crippen LogP contribution is 2.09. The molecule has 3 atom stereocenters. The molecule has 0 aromatic carbocycles. The van der Waals surface area contributed by atoms with Gasteiger partial charge in [-0.2, -0.15) is 0 Å². The number of urea groups is 1. The Morgan fingerprint density at radius 1 is 1.05 bits per heavy atom. The van der Waals surface area contributed by atoms with Gasteiger partial charge in [-0.3, -0.25) is 0 Å². The van der Waals surface area contributed by atoms with Crippen molar-refractivity contribution in [1.29, 1.82) is 0 Å². The number of carbonyl (C=O) groups excluding carboxylic acids is 1. The van der Waals surface area contributed by atoms with Gasteiger partial charge in [0.25, 0.3) is 0 Å². The number of hydrogen-bond acceptors (Lipinski definition) is 2. The average molecular weight is 272 g/mol. The Kier molecular flexibility index (Phi) is 8.19. The van der Waals surface area contributed by atoms with Gasteiger partial charge in [0, 0.05) is 6.04 Å². The van der Waals surface area contributed by atoms with E-state index in [9.17, 15) is 9.59 Å². The molecule has 0 bridgehead atoms. The molecule has 5 heteroatoms. The quantitative estimate of drug-likeness (QED) is 0.635. The lowest BCUT2D eigenvalue weighted by atomic mass is 9.99. The Bertz CT molecular complexity index is 292. The Hall–Kier alpha value is -1.26. The van der Waals surface area contributed by atoms with Crippen LogP contribution >= 0.6 is 0 Å². The third-order valence-electron chi connectivity index (χ3n) is 3.32. The van der Waals surface area contributed by atoms with Gasteiger partial charge in [0.2, 0.25) is 0 Å². The summed E-state index contributed by atoms with van der Waals surface area (Å²) in [7, 11) is 0. The van der Waals surface area contributed by atoms with E-state index in [4.69, 9.17) is 5.11 Å². The highest BCUT2D eigenvalue weighted by Gasteiger charge is 2.25. The predicted octanol–water partition coefficient (Wildman–Crippen LogP) is 2.61. The maximum absolute atomic E-state index is 11.7. The van der Waals surface area contributed by atoms with E-state index in [-0.39, 0.29) is 12.0 Å². The van der Waals surface area contributed by atoms with Crippen molar-refractivity contribution in [3.05, 3.63) is 0 Å². The first kappa shape index (κ1) is 17.7. The molecule has 0 aliphatic carbocycles. The first-order valence-electron chi connectivity index (χ1n) is 7.07. The van der Waals surface area contributed by atoms with Crippen LogP contribution in [0.5, 0.6) is 0 Å². The van der Waals surface area contributed by atoms with Gasteiger partial charge in [0.05, 0.1) is 0 Å². The van der Waals surface area contributed by atoms with Crippen molar-refractivity contribution in [2.75, 3.05) is 0 Å². The standard InChI is InChI=1S/C14H28N2O3/c1-6-10(4)12(13(17)18)16-14(19)15-11(5)8-7-9(2)3/h9-12H,6-8H2,1-5H3,(H,17,18)(H2,15,16,19)/t10-,11?,12-/m0/s1. The van der Waals surface area contributed by atoms with E-state index < -0.39 is 18.0 Å². The first-order valence-corrected chi connectivity index (χ1v) is 7.07. The van der Waals surface area contributed by atoms with Crippen molar-refractivity contribution >= 4 is 12.0 Å². The van der Waals surface area contributed by atoms with Gasteiger partial charge in [0.1, 0.15) is 6.04 Å². The fraction of sp³-hybridized carbons (Fsp3) is 0.857. The maximum Gasteiger partial charge on any atom is 0.326 e. The van der Waals surface area contributed by atoms with E-state index in [1.165, 1.54) is 0 Å². The van der Waals surface area contributed by atoms with Gasteiger partial charge in [-0.05, 0) is 31.6 Å². The van der Waals surface area contributed by atoms with Crippen molar-refractivity contribution in [2.24, 2.45) is 11.8 Å². The smallest absolute Gasteiger partial charge is 0.326 e. The molecule has 0 aliphatic heterocycles. The Labute approximate surface area is 116 Å². The van der Waals surface area contributed by atoms with Crippen molar-refractivity contribution in [3.63, 3.8) is 0 Å². The lowest BCUT2D eigenvalue weighted by molar-refractivity contribution is -0.140. The summed E-state index contributed by atoms with van der Waals surface area (Å²) in [4.78, 5) is 22.8. The molecule has 3 N–H and O–H groups in total. The van der Waals surface area contributed by atoms with Crippen molar-refractivity contribution in [3.8, 4) is 0 Å². The van der Waals surface area contributed by atoms with E-state index in [0.717, 1.165) is 12.8 Å². The van der Waals surface area contributed by atoms with Gasteiger partial charge in [-0.25, -0.2) is 9.59 Å². The molecule has 5 nitrogen and oxygen atoms in total. The number of carboxylic acids is 1. The minimum atomic E-state index is -0.987. The molecule has 0 rings (SSSR count). The average Bonchev–Trinajstić information content (AvgIpc) is 2.32. The Balaban J connectivity index is 4.23. The zero-order chi connectivity index (χ0) is 15.0. The molecule has 0 aliphatic rings. The molecule has 2 amide bonds. The summed E-state index contributed by atoms with van der Waals surface area (Å²) in [5.41, 5.74) is 0. The highest BCUT2D eigenvalue weighted by atomic mass is 16.4. The summed E-state index contributed by atoms with van der Waals surface area (Å²) < 4.78 is 0. The number of nitrogens with one attached hydrogen (secondary N) is 2. The molecule has 0 saturated heterocycles. The summed E-state index contributed by atoms with van der Waals surface area (Å²) in [6, 6.07) is -1.18. The molecule has 0 radical (unpaired) electrons. The fourth-order valence-electron chi connectivity index (χ4n) is 1.75. The third-order valence-corrected chi connectivity index (χ3v) is 3.32. The predicted molar refractivity (Wildman–Crippen MR) is 76.1 cm³/mol. The normalized spacial score (nSPS) is 15.7. The maximum atomic E-state index is 11.7. The zero-order valence-corrected chi connectivity index (χ0v) is 12.7. The van der Waals surface area contributed by atoms with Gasteiger partial charge in [-0.15, -0.1) is 0 Å². The van der Waals surface area contributed by atoms with Crippen LogP contribution < -0.4 is 10.6 Å². The highest BCUT2D eigenvalue weighted by molar-refractivity contribution is 5.82. The Morgan fingerprint density at radius 3 is 2.05 bits per heavy atom. The monoisotopic (exact) mass is 272 g/mol. The minimum Gasteiger partial charge on any atom is -0.480 e. The summed E-state index contributed by atoms with van der Waals surface area (Å²) in [6.07, 6.45) is 2.64. The minimum absolute atomic E-state index is 0.0498. The van der Waals surface area contributed by atoms with Crippen LogP contribution in [-0.2, 0) is 4.79 Å². The topological polar surface area (TPSA) is 78.4 Å². The molecular formula is C14H28N2O3. The molecule has 0 spiro atoms. The number of hydrogen-bond donors (Lipinski definition) is 3. The molecule has 1 unspecified atom stereocenters. The van der Waals surface area contributed by atoms with Crippen LogP contribution in [0.15, 0.2) is 0 Å². The molecular weight excluding hydrogens is 244 g/mol. The second-order valence-corrected chi connectivity index (χ2v) is 5.69. The number of amides is 2. The van der Waals surface area contributed by atoms with E-state index in [1.54, 1.807) is 0 Å². The van der Waals surface area contributed by atoms with E-state index in [2.05, 4.69) is 24.5 Å². The van der Waals surface area contributed by atoms with Crippen LogP contribution in [0.1, 0.15) is 53.9 Å². The lowest BCUT2D eigenvalue weighted by Gasteiger charge is -2.22. The van der Waals surface area contributed by atoms with Crippen LogP contribution in [0.4, 0.5) is 4.79 Å². The largest absolute Gasteiger partial charge is 0.480 e. The number of carbonyl (C=O) groups is 2. The van der Waals surface area contributed by atoms with Crippen molar-refractivity contribution < 1.29 is 14.7 Å². The van der Waals surface area contributed by atoms with Crippen LogP contribution in [0.25, 0.3) is 0 Å². The molecule has 0 aromatic heterocycles. The van der Waals surface area contributed by atoms with Crippen LogP contribution in [0.2, 0.25) is 0 Å². The number of rotatable bonds is 8. The van der Waals surface area contributed by atoms with Gasteiger partial charge < -0.3 is 15.7 Å². The summed E-state index contributed by atoms with van der Waals surface area (Å²) in [6.45, 7) is 9.93. The summed E-state index contributed by atoms with van der Waals surface area (Å²) in [5, 5.41) is 14.4. The lowest BCUT2D eigenvalue weighted by Crippen LogP contribution is -2.50. The van der Waals surface area contributed by atoms with Crippen LogP contribution in [0.3, 0.4) is 0 Å². The van der Waals surface area contributed by atoms with Crippen LogP contribution in [0, 0.1) is 11.8 Å². The number of aliphatic carboxylic acids is 1. The second kappa shape index (κ2) is 8.77. The number of carboxylic acid groups (broad SMARTS) is 1. The first-order chi connectivity index (χ1) is 8.77. The van der Waals surface area contributed by atoms with E-state index in [0.29, 0.717) is 12.3 Å². The van der Waals surface area contributed by atoms with Gasteiger partial charge in [0.15, 0.2) is 0 Å². The Morgan fingerprint density at radius 2 is 1.63 bits per heavy atom. The molecule has 0 saturated carbocycles.